The van der Waals surface area contributed by atoms with E-state index in [4.69, 9.17) is 9.15 Å². The summed E-state index contributed by atoms with van der Waals surface area (Å²) in [5.41, 5.74) is 1.55. The second-order valence-electron chi connectivity index (χ2n) is 5.79. The van der Waals surface area contributed by atoms with Crippen LogP contribution in [0.15, 0.2) is 28.9 Å². The highest BCUT2D eigenvalue weighted by atomic mass is 16.5. The summed E-state index contributed by atoms with van der Waals surface area (Å²) in [5, 5.41) is 10.5. The van der Waals surface area contributed by atoms with Crippen molar-refractivity contribution in [1.82, 2.24) is 4.90 Å². The first kappa shape index (κ1) is 16.4. The predicted molar refractivity (Wildman–Crippen MR) is 85.0 cm³/mol. The smallest absolute Gasteiger partial charge is 0.227 e. The maximum atomic E-state index is 12.5. The molecule has 1 amide bonds. The second-order valence-corrected chi connectivity index (χ2v) is 5.79. The fourth-order valence-corrected chi connectivity index (χ4v) is 2.48. The molecule has 1 heterocycles. The Hall–Kier alpha value is -2.01. The summed E-state index contributed by atoms with van der Waals surface area (Å²) in [6.45, 7) is 5.90. The third kappa shape index (κ3) is 3.60. The summed E-state index contributed by atoms with van der Waals surface area (Å²) in [6, 6.07) is 5.59. The number of methoxy groups -OCH3 is 1. The highest BCUT2D eigenvalue weighted by molar-refractivity contribution is 5.88. The fourth-order valence-electron chi connectivity index (χ4n) is 2.48. The Balaban J connectivity index is 2.20. The van der Waals surface area contributed by atoms with Crippen LogP contribution in [-0.4, -0.2) is 41.7 Å². The van der Waals surface area contributed by atoms with Gasteiger partial charge in [-0.1, -0.05) is 0 Å². The van der Waals surface area contributed by atoms with E-state index in [0.29, 0.717) is 12.1 Å². The van der Waals surface area contributed by atoms with E-state index in [1.165, 1.54) is 0 Å². The highest BCUT2D eigenvalue weighted by Crippen LogP contribution is 2.26. The first-order valence-electron chi connectivity index (χ1n) is 7.44. The molecule has 22 heavy (non-hydrogen) atoms. The van der Waals surface area contributed by atoms with E-state index in [0.717, 1.165) is 16.7 Å². The molecule has 0 saturated heterocycles. The molecule has 5 nitrogen and oxygen atoms in total. The van der Waals surface area contributed by atoms with Gasteiger partial charge in [-0.05, 0) is 32.9 Å². The van der Waals surface area contributed by atoms with E-state index in [1.807, 2.05) is 26.0 Å². The largest absolute Gasteiger partial charge is 0.497 e. The molecule has 1 unspecified atom stereocenters. The average molecular weight is 305 g/mol. The Labute approximate surface area is 130 Å². The van der Waals surface area contributed by atoms with Gasteiger partial charge in [0.2, 0.25) is 5.91 Å². The molecule has 2 rings (SSSR count). The zero-order valence-electron chi connectivity index (χ0n) is 13.5. The zero-order chi connectivity index (χ0) is 16.3. The minimum Gasteiger partial charge on any atom is -0.497 e. The number of aliphatic hydroxyl groups excluding tert-OH is 1. The summed E-state index contributed by atoms with van der Waals surface area (Å²) >= 11 is 0. The number of amides is 1. The molecule has 0 aliphatic rings. The van der Waals surface area contributed by atoms with Crippen molar-refractivity contribution in [2.75, 3.05) is 13.7 Å². The molecular formula is C17H23NO4. The van der Waals surface area contributed by atoms with Gasteiger partial charge in [-0.2, -0.15) is 0 Å². The number of rotatable bonds is 6. The number of benzene rings is 1. The number of ether oxygens (including phenoxy) is 1. The van der Waals surface area contributed by atoms with Crippen LogP contribution in [0.1, 0.15) is 26.3 Å². The van der Waals surface area contributed by atoms with Crippen LogP contribution in [0.3, 0.4) is 0 Å². The number of aliphatic hydroxyl groups is 1. The molecule has 1 aromatic heterocycles. The van der Waals surface area contributed by atoms with E-state index in [2.05, 4.69) is 0 Å². The summed E-state index contributed by atoms with van der Waals surface area (Å²) in [4.78, 5) is 14.2. The first-order chi connectivity index (χ1) is 10.4. The van der Waals surface area contributed by atoms with Gasteiger partial charge < -0.3 is 19.2 Å². The second kappa shape index (κ2) is 6.83. The maximum Gasteiger partial charge on any atom is 0.227 e. The van der Waals surface area contributed by atoms with E-state index >= 15 is 0 Å². The molecule has 0 radical (unpaired) electrons. The van der Waals surface area contributed by atoms with E-state index in [9.17, 15) is 9.90 Å². The van der Waals surface area contributed by atoms with Crippen molar-refractivity contribution in [3.63, 3.8) is 0 Å². The van der Waals surface area contributed by atoms with Crippen molar-refractivity contribution >= 4 is 16.9 Å². The molecule has 0 bridgehead atoms. The van der Waals surface area contributed by atoms with Gasteiger partial charge in [0, 0.05) is 29.6 Å². The number of carbonyl (C=O) groups excluding carboxylic acids is 1. The van der Waals surface area contributed by atoms with Crippen molar-refractivity contribution < 1.29 is 19.1 Å². The molecule has 1 N–H and O–H groups in total. The number of hydrogen-bond acceptors (Lipinski definition) is 4. The van der Waals surface area contributed by atoms with Gasteiger partial charge in [0.25, 0.3) is 0 Å². The van der Waals surface area contributed by atoms with Crippen LogP contribution < -0.4 is 4.74 Å². The van der Waals surface area contributed by atoms with Crippen molar-refractivity contribution in [2.45, 2.75) is 39.3 Å². The standard InChI is InChI=1S/C17H23NO4/c1-11(2)18(9-12(3)19)17(20)7-13-10-22-16-8-14(21-4)5-6-15(13)16/h5-6,8,10-12,19H,7,9H2,1-4H3. The molecule has 2 aromatic rings. The third-order valence-corrected chi connectivity index (χ3v) is 3.61. The molecule has 0 spiro atoms. The lowest BCUT2D eigenvalue weighted by atomic mass is 10.1. The van der Waals surface area contributed by atoms with Crippen molar-refractivity contribution in [3.05, 3.63) is 30.0 Å². The Bertz CT molecular complexity index is 645. The van der Waals surface area contributed by atoms with Crippen LogP contribution in [0, 0.1) is 0 Å². The number of fused-ring (bicyclic) bond motifs is 1. The van der Waals surface area contributed by atoms with Crippen LogP contribution in [-0.2, 0) is 11.2 Å². The SMILES string of the molecule is COc1ccc2c(CC(=O)N(CC(C)O)C(C)C)coc2c1. The van der Waals surface area contributed by atoms with Crippen LogP contribution >= 0.6 is 0 Å². The Morgan fingerprint density at radius 1 is 1.36 bits per heavy atom. The number of furan rings is 1. The summed E-state index contributed by atoms with van der Waals surface area (Å²) in [6.07, 6.45) is 1.32. The molecule has 0 saturated carbocycles. The topological polar surface area (TPSA) is 62.9 Å². The van der Waals surface area contributed by atoms with E-state index < -0.39 is 6.10 Å². The number of hydrogen-bond donors (Lipinski definition) is 1. The molecule has 1 atom stereocenters. The number of carbonyl (C=O) groups is 1. The zero-order valence-corrected chi connectivity index (χ0v) is 13.5. The van der Waals surface area contributed by atoms with Gasteiger partial charge in [-0.3, -0.25) is 4.79 Å². The Morgan fingerprint density at radius 3 is 2.68 bits per heavy atom. The molecule has 120 valence electrons. The Kier molecular flexibility index (Phi) is 5.08. The molecule has 1 aromatic carbocycles. The summed E-state index contributed by atoms with van der Waals surface area (Å²) < 4.78 is 10.7. The van der Waals surface area contributed by atoms with Gasteiger partial charge >= 0.3 is 0 Å². The quantitative estimate of drug-likeness (QED) is 0.891. The normalized spacial score (nSPS) is 12.6. The lowest BCUT2D eigenvalue weighted by Gasteiger charge is -2.28. The number of nitrogens with zero attached hydrogens (tertiary/aromatic N) is 1. The predicted octanol–water partition coefficient (Wildman–Crippen LogP) is 2.60. The van der Waals surface area contributed by atoms with Crippen LogP contribution in [0.25, 0.3) is 11.0 Å². The van der Waals surface area contributed by atoms with E-state index in [1.54, 1.807) is 31.3 Å². The average Bonchev–Trinajstić information content (AvgIpc) is 2.86. The first-order valence-corrected chi connectivity index (χ1v) is 7.44. The van der Waals surface area contributed by atoms with Crippen LogP contribution in [0.2, 0.25) is 0 Å². The van der Waals surface area contributed by atoms with Gasteiger partial charge in [-0.25, -0.2) is 0 Å². The van der Waals surface area contributed by atoms with Gasteiger partial charge in [0.15, 0.2) is 0 Å². The molecule has 0 aliphatic carbocycles. The van der Waals surface area contributed by atoms with Gasteiger partial charge in [-0.15, -0.1) is 0 Å². The Morgan fingerprint density at radius 2 is 2.09 bits per heavy atom. The monoisotopic (exact) mass is 305 g/mol. The molecule has 0 fully saturated rings. The maximum absolute atomic E-state index is 12.5. The molecular weight excluding hydrogens is 282 g/mol. The van der Waals surface area contributed by atoms with E-state index in [-0.39, 0.29) is 18.4 Å². The minimum absolute atomic E-state index is 0.0191. The summed E-state index contributed by atoms with van der Waals surface area (Å²) in [7, 11) is 1.60. The van der Waals surface area contributed by atoms with Crippen molar-refractivity contribution in [3.8, 4) is 5.75 Å². The summed E-state index contributed by atoms with van der Waals surface area (Å²) in [5.74, 6) is 0.701. The van der Waals surface area contributed by atoms with Gasteiger partial charge in [0.05, 0.1) is 25.9 Å². The molecule has 0 aliphatic heterocycles. The molecule has 5 heteroatoms. The van der Waals surface area contributed by atoms with Crippen molar-refractivity contribution in [1.29, 1.82) is 0 Å². The van der Waals surface area contributed by atoms with Crippen molar-refractivity contribution in [2.24, 2.45) is 0 Å². The lowest BCUT2D eigenvalue weighted by Crippen LogP contribution is -2.42. The van der Waals surface area contributed by atoms with Crippen LogP contribution in [0.5, 0.6) is 5.75 Å². The minimum atomic E-state index is -0.545. The third-order valence-electron chi connectivity index (χ3n) is 3.61. The van der Waals surface area contributed by atoms with Gasteiger partial charge in [0.1, 0.15) is 11.3 Å². The highest BCUT2D eigenvalue weighted by Gasteiger charge is 2.20. The lowest BCUT2D eigenvalue weighted by molar-refractivity contribution is -0.133. The fraction of sp³-hybridized carbons (Fsp3) is 0.471. The van der Waals surface area contributed by atoms with Crippen LogP contribution in [0.4, 0.5) is 0 Å².